The van der Waals surface area contributed by atoms with Crippen molar-refractivity contribution in [3.05, 3.63) is 83.2 Å². The number of thiophene rings is 1. The zero-order valence-electron chi connectivity index (χ0n) is 21.7. The summed E-state index contributed by atoms with van der Waals surface area (Å²) in [5.41, 5.74) is 6.83. The number of carbonyl (C=O) groups is 2. The number of sulfonamides is 1. The van der Waals surface area contributed by atoms with Crippen molar-refractivity contribution in [2.75, 3.05) is 6.26 Å². The average Bonchev–Trinajstić information content (AvgIpc) is 3.24. The van der Waals surface area contributed by atoms with Gasteiger partial charge in [-0.25, -0.2) is 8.42 Å². The van der Waals surface area contributed by atoms with Gasteiger partial charge in [-0.1, -0.05) is 60.7 Å². The minimum Gasteiger partial charge on any atom is -0.339 e. The van der Waals surface area contributed by atoms with E-state index in [1.807, 2.05) is 72.1 Å². The van der Waals surface area contributed by atoms with Crippen molar-refractivity contribution < 1.29 is 18.0 Å². The molecule has 2 atom stereocenters. The van der Waals surface area contributed by atoms with Gasteiger partial charge in [0.2, 0.25) is 15.9 Å². The van der Waals surface area contributed by atoms with Crippen LogP contribution in [0.25, 0.3) is 20.9 Å². The van der Waals surface area contributed by atoms with E-state index in [1.165, 1.54) is 0 Å². The minimum absolute atomic E-state index is 0.0640. The molecular formula is C29H33N3O4S2. The van der Waals surface area contributed by atoms with Gasteiger partial charge < -0.3 is 11.1 Å². The van der Waals surface area contributed by atoms with E-state index in [4.69, 9.17) is 5.73 Å². The summed E-state index contributed by atoms with van der Waals surface area (Å²) in [5.74, 6) is -1.38. The Morgan fingerprint density at radius 3 is 2.29 bits per heavy atom. The van der Waals surface area contributed by atoms with Crippen LogP contribution >= 0.6 is 11.3 Å². The maximum atomic E-state index is 13.7. The second kappa shape index (κ2) is 11.3. The van der Waals surface area contributed by atoms with Crippen LogP contribution in [0.2, 0.25) is 0 Å². The van der Waals surface area contributed by atoms with Gasteiger partial charge in [-0.15, -0.1) is 11.3 Å². The lowest BCUT2D eigenvalue weighted by atomic mass is 9.86. The third-order valence-corrected chi connectivity index (χ3v) is 8.25. The highest BCUT2D eigenvalue weighted by atomic mass is 32.2. The van der Waals surface area contributed by atoms with Gasteiger partial charge in [0.15, 0.2) is 5.78 Å². The quantitative estimate of drug-likeness (QED) is 0.242. The van der Waals surface area contributed by atoms with Gasteiger partial charge in [-0.05, 0) is 59.0 Å². The molecule has 0 saturated carbocycles. The second-order valence-corrected chi connectivity index (χ2v) is 13.0. The fourth-order valence-corrected chi connectivity index (χ4v) is 6.20. The number of nitrogens with two attached hydrogens (primary N) is 1. The van der Waals surface area contributed by atoms with Gasteiger partial charge in [-0.3, -0.25) is 9.59 Å². The molecule has 200 valence electrons. The molecule has 1 heterocycles. The molecule has 0 spiro atoms. The van der Waals surface area contributed by atoms with E-state index in [0.717, 1.165) is 38.2 Å². The summed E-state index contributed by atoms with van der Waals surface area (Å²) in [6, 6.07) is 21.6. The van der Waals surface area contributed by atoms with Crippen LogP contribution in [0, 0.1) is 5.92 Å². The number of fused-ring (bicyclic) bond motifs is 2. The molecule has 7 nitrogen and oxygen atoms in total. The van der Waals surface area contributed by atoms with Crippen LogP contribution in [-0.4, -0.2) is 38.1 Å². The SMILES string of the molecule is CC(C)(N)C(=O)C[C@H](Cc1cccc2ccccc12)C(=O)N[C@H](Cc1csc2ccccc12)NS(C)(=O)=O. The maximum Gasteiger partial charge on any atom is 0.225 e. The number of hydrogen-bond donors (Lipinski definition) is 3. The summed E-state index contributed by atoms with van der Waals surface area (Å²) in [6.45, 7) is 3.25. The van der Waals surface area contributed by atoms with E-state index >= 15 is 0 Å². The normalized spacial score (nSPS) is 13.9. The van der Waals surface area contributed by atoms with Crippen LogP contribution in [0.15, 0.2) is 72.1 Å². The molecule has 0 bridgehead atoms. The zero-order chi connectivity index (χ0) is 27.5. The van der Waals surface area contributed by atoms with Crippen LogP contribution in [0.3, 0.4) is 0 Å². The lowest BCUT2D eigenvalue weighted by molar-refractivity contribution is -0.131. The summed E-state index contributed by atoms with van der Waals surface area (Å²) in [4.78, 5) is 26.6. The summed E-state index contributed by atoms with van der Waals surface area (Å²) in [7, 11) is -3.63. The number of benzene rings is 3. The Labute approximate surface area is 227 Å². The molecule has 1 amide bonds. The molecule has 4 rings (SSSR count). The van der Waals surface area contributed by atoms with E-state index in [0.29, 0.717) is 6.42 Å². The molecule has 4 N–H and O–H groups in total. The molecule has 0 unspecified atom stereocenters. The first kappa shape index (κ1) is 27.9. The highest BCUT2D eigenvalue weighted by molar-refractivity contribution is 7.88. The number of Topliss-reactive ketones (excluding diaryl/α,β-unsaturated/α-hetero) is 1. The van der Waals surface area contributed by atoms with Gasteiger partial charge in [0.25, 0.3) is 0 Å². The van der Waals surface area contributed by atoms with Gasteiger partial charge in [0, 0.05) is 23.5 Å². The highest BCUT2D eigenvalue weighted by Crippen LogP contribution is 2.27. The second-order valence-electron chi connectivity index (χ2n) is 10.3. The average molecular weight is 552 g/mol. The molecule has 0 aliphatic carbocycles. The predicted molar refractivity (Wildman–Crippen MR) is 154 cm³/mol. The number of hydrogen-bond acceptors (Lipinski definition) is 6. The molecule has 0 fully saturated rings. The Kier molecular flexibility index (Phi) is 8.32. The van der Waals surface area contributed by atoms with Gasteiger partial charge in [-0.2, -0.15) is 4.72 Å². The third-order valence-electron chi connectivity index (χ3n) is 6.53. The number of ketones is 1. The summed E-state index contributed by atoms with van der Waals surface area (Å²) >= 11 is 1.56. The Balaban J connectivity index is 1.63. The Morgan fingerprint density at radius 2 is 1.58 bits per heavy atom. The molecule has 1 aromatic heterocycles. The third kappa shape index (κ3) is 7.05. The van der Waals surface area contributed by atoms with E-state index in [9.17, 15) is 18.0 Å². The molecule has 9 heteroatoms. The van der Waals surface area contributed by atoms with Gasteiger partial charge in [0.05, 0.1) is 18.0 Å². The van der Waals surface area contributed by atoms with Crippen molar-refractivity contribution in [1.82, 2.24) is 10.0 Å². The highest BCUT2D eigenvalue weighted by Gasteiger charge is 2.31. The lowest BCUT2D eigenvalue weighted by Crippen LogP contribution is -2.51. The van der Waals surface area contributed by atoms with Crippen molar-refractivity contribution in [3.8, 4) is 0 Å². The van der Waals surface area contributed by atoms with Gasteiger partial charge in [0.1, 0.15) is 0 Å². The monoisotopic (exact) mass is 551 g/mol. The smallest absolute Gasteiger partial charge is 0.225 e. The fraction of sp³-hybridized carbons (Fsp3) is 0.310. The Bertz CT molecular complexity index is 1570. The van der Waals surface area contributed by atoms with Crippen molar-refractivity contribution >= 4 is 53.9 Å². The molecule has 3 aromatic carbocycles. The summed E-state index contributed by atoms with van der Waals surface area (Å²) in [5, 5.41) is 7.91. The predicted octanol–water partition coefficient (Wildman–Crippen LogP) is 4.14. The van der Waals surface area contributed by atoms with E-state index in [2.05, 4.69) is 10.0 Å². The Morgan fingerprint density at radius 1 is 0.921 bits per heavy atom. The number of rotatable bonds is 11. The first-order valence-corrected chi connectivity index (χ1v) is 15.2. The van der Waals surface area contributed by atoms with Crippen molar-refractivity contribution in [2.24, 2.45) is 11.7 Å². The van der Waals surface area contributed by atoms with Crippen LogP contribution in [0.4, 0.5) is 0 Å². The van der Waals surface area contributed by atoms with Crippen LogP contribution in [-0.2, 0) is 32.5 Å². The maximum absolute atomic E-state index is 13.7. The number of amides is 1. The first-order valence-electron chi connectivity index (χ1n) is 12.4. The molecular weight excluding hydrogens is 518 g/mol. The lowest BCUT2D eigenvalue weighted by Gasteiger charge is -2.25. The molecule has 0 aliphatic heterocycles. The minimum atomic E-state index is -3.63. The van der Waals surface area contributed by atoms with Crippen molar-refractivity contribution in [1.29, 1.82) is 0 Å². The largest absolute Gasteiger partial charge is 0.339 e. The molecule has 38 heavy (non-hydrogen) atoms. The van der Waals surface area contributed by atoms with Crippen LogP contribution in [0.5, 0.6) is 0 Å². The number of carbonyl (C=O) groups excluding carboxylic acids is 2. The topological polar surface area (TPSA) is 118 Å². The zero-order valence-corrected chi connectivity index (χ0v) is 23.4. The van der Waals surface area contributed by atoms with Gasteiger partial charge >= 0.3 is 0 Å². The Hall–Kier alpha value is -3.11. The molecule has 4 aromatic rings. The van der Waals surface area contributed by atoms with E-state index in [-0.39, 0.29) is 18.6 Å². The van der Waals surface area contributed by atoms with Crippen molar-refractivity contribution in [3.63, 3.8) is 0 Å². The standard InChI is InChI=1S/C29H33N3O4S2/c1-29(2,30)26(33)16-21(15-20-11-8-10-19-9-4-5-12-23(19)20)28(34)31-27(32-38(3,35)36)17-22-18-37-25-14-7-6-13-24(22)25/h4-14,18,21,27,32H,15-17,30H2,1-3H3,(H,31,34)/t21-,27-/m0/s1. The fourth-order valence-electron chi connectivity index (χ4n) is 4.56. The van der Waals surface area contributed by atoms with Crippen LogP contribution in [0.1, 0.15) is 31.4 Å². The molecule has 0 aliphatic rings. The van der Waals surface area contributed by atoms with E-state index in [1.54, 1.807) is 25.2 Å². The number of nitrogens with one attached hydrogen (secondary N) is 2. The molecule has 0 radical (unpaired) electrons. The van der Waals surface area contributed by atoms with Crippen molar-refractivity contribution in [2.45, 2.75) is 44.8 Å². The first-order chi connectivity index (χ1) is 17.9. The van der Waals surface area contributed by atoms with Crippen LogP contribution < -0.4 is 15.8 Å². The van der Waals surface area contributed by atoms with E-state index < -0.39 is 33.6 Å². The summed E-state index contributed by atoms with van der Waals surface area (Å²) in [6.07, 6.45) is 0.686. The summed E-state index contributed by atoms with van der Waals surface area (Å²) < 4.78 is 28.0. The molecule has 0 saturated heterocycles.